The van der Waals surface area contributed by atoms with Gasteiger partial charge in [-0.15, -0.1) is 0 Å². The highest BCUT2D eigenvalue weighted by Gasteiger charge is 2.13. The maximum absolute atomic E-state index is 13.3. The SMILES string of the molecule is CNC(c1cccc(F)c1)c1ccc(I)c(Cl)c1. The van der Waals surface area contributed by atoms with Crippen molar-refractivity contribution < 1.29 is 4.39 Å². The molecule has 2 aromatic rings. The molecule has 2 aromatic carbocycles. The molecule has 18 heavy (non-hydrogen) atoms. The molecule has 0 aromatic heterocycles. The summed E-state index contributed by atoms with van der Waals surface area (Å²) in [4.78, 5) is 0. The molecule has 2 rings (SSSR count). The van der Waals surface area contributed by atoms with Crippen LogP contribution in [0.1, 0.15) is 17.2 Å². The van der Waals surface area contributed by atoms with Crippen LogP contribution in [-0.4, -0.2) is 7.05 Å². The van der Waals surface area contributed by atoms with Crippen LogP contribution in [0, 0.1) is 9.39 Å². The molecule has 0 saturated heterocycles. The summed E-state index contributed by atoms with van der Waals surface area (Å²) < 4.78 is 14.3. The number of rotatable bonds is 3. The van der Waals surface area contributed by atoms with Crippen molar-refractivity contribution in [2.45, 2.75) is 6.04 Å². The molecule has 0 aliphatic heterocycles. The summed E-state index contributed by atoms with van der Waals surface area (Å²) in [5, 5.41) is 3.89. The van der Waals surface area contributed by atoms with Crippen molar-refractivity contribution in [2.24, 2.45) is 0 Å². The zero-order chi connectivity index (χ0) is 13.1. The number of halogens is 3. The van der Waals surface area contributed by atoms with Gasteiger partial charge in [-0.05, 0) is 65.0 Å². The number of benzene rings is 2. The second-order valence-electron chi connectivity index (χ2n) is 3.95. The molecule has 1 nitrogen and oxygen atoms in total. The van der Waals surface area contributed by atoms with Crippen molar-refractivity contribution in [1.82, 2.24) is 5.32 Å². The molecule has 0 radical (unpaired) electrons. The van der Waals surface area contributed by atoms with E-state index in [9.17, 15) is 4.39 Å². The quantitative estimate of drug-likeness (QED) is 0.785. The minimum absolute atomic E-state index is 0.0600. The number of hydrogen-bond donors (Lipinski definition) is 1. The lowest BCUT2D eigenvalue weighted by Crippen LogP contribution is -2.17. The first-order valence-corrected chi connectivity index (χ1v) is 6.95. The molecule has 0 fully saturated rings. The fourth-order valence-corrected chi connectivity index (χ4v) is 2.43. The molecule has 1 unspecified atom stereocenters. The van der Waals surface area contributed by atoms with Gasteiger partial charge >= 0.3 is 0 Å². The molecule has 0 spiro atoms. The summed E-state index contributed by atoms with van der Waals surface area (Å²) in [6.45, 7) is 0. The van der Waals surface area contributed by atoms with Crippen molar-refractivity contribution in [3.63, 3.8) is 0 Å². The fourth-order valence-electron chi connectivity index (χ4n) is 1.90. The first kappa shape index (κ1) is 13.8. The monoisotopic (exact) mass is 375 g/mol. The maximum Gasteiger partial charge on any atom is 0.123 e. The Labute approximate surface area is 124 Å². The topological polar surface area (TPSA) is 12.0 Å². The average Bonchev–Trinajstić information content (AvgIpc) is 2.35. The summed E-state index contributed by atoms with van der Waals surface area (Å²) in [6, 6.07) is 12.4. The number of nitrogens with one attached hydrogen (secondary N) is 1. The minimum Gasteiger partial charge on any atom is -0.309 e. The zero-order valence-corrected chi connectivity index (χ0v) is 12.7. The van der Waals surface area contributed by atoms with E-state index in [2.05, 4.69) is 27.9 Å². The lowest BCUT2D eigenvalue weighted by Gasteiger charge is -2.18. The summed E-state index contributed by atoms with van der Waals surface area (Å²) in [6.07, 6.45) is 0. The minimum atomic E-state index is -0.232. The summed E-state index contributed by atoms with van der Waals surface area (Å²) in [7, 11) is 1.85. The van der Waals surface area contributed by atoms with Gasteiger partial charge in [0, 0.05) is 3.57 Å². The van der Waals surface area contributed by atoms with E-state index < -0.39 is 0 Å². The zero-order valence-electron chi connectivity index (χ0n) is 9.75. The summed E-state index contributed by atoms with van der Waals surface area (Å²) in [5.74, 6) is -0.232. The maximum atomic E-state index is 13.3. The van der Waals surface area contributed by atoms with Gasteiger partial charge in [-0.1, -0.05) is 29.8 Å². The van der Waals surface area contributed by atoms with Crippen molar-refractivity contribution in [3.8, 4) is 0 Å². The van der Waals surface area contributed by atoms with E-state index in [0.717, 1.165) is 14.7 Å². The van der Waals surface area contributed by atoms with Crippen molar-refractivity contribution >= 4 is 34.2 Å². The Morgan fingerprint density at radius 2 is 1.89 bits per heavy atom. The number of hydrogen-bond acceptors (Lipinski definition) is 1. The first-order valence-electron chi connectivity index (χ1n) is 5.49. The highest BCUT2D eigenvalue weighted by atomic mass is 127. The van der Waals surface area contributed by atoms with Gasteiger partial charge in [0.25, 0.3) is 0 Å². The molecular formula is C14H12ClFIN. The van der Waals surface area contributed by atoms with Gasteiger partial charge in [0.15, 0.2) is 0 Å². The van der Waals surface area contributed by atoms with Crippen LogP contribution < -0.4 is 5.32 Å². The molecule has 94 valence electrons. The van der Waals surface area contributed by atoms with Gasteiger partial charge < -0.3 is 5.32 Å². The predicted octanol–water partition coefficient (Wildman–Crippen LogP) is 4.39. The highest BCUT2D eigenvalue weighted by Crippen LogP contribution is 2.27. The molecular weight excluding hydrogens is 364 g/mol. The van der Waals surface area contributed by atoms with E-state index >= 15 is 0 Å². The van der Waals surface area contributed by atoms with Gasteiger partial charge in [-0.3, -0.25) is 0 Å². The molecule has 1 N–H and O–H groups in total. The first-order chi connectivity index (χ1) is 8.61. The van der Waals surface area contributed by atoms with Gasteiger partial charge in [0.1, 0.15) is 5.82 Å². The Balaban J connectivity index is 2.42. The Kier molecular flexibility index (Phi) is 4.59. The van der Waals surface area contributed by atoms with Gasteiger partial charge in [0.05, 0.1) is 11.1 Å². The molecule has 0 aliphatic rings. The van der Waals surface area contributed by atoms with Crippen LogP contribution >= 0.6 is 34.2 Å². The molecule has 1 atom stereocenters. The Morgan fingerprint density at radius 1 is 1.17 bits per heavy atom. The van der Waals surface area contributed by atoms with Crippen molar-refractivity contribution in [1.29, 1.82) is 0 Å². The third-order valence-electron chi connectivity index (χ3n) is 2.75. The molecule has 4 heteroatoms. The van der Waals surface area contributed by atoms with E-state index in [4.69, 9.17) is 11.6 Å². The van der Waals surface area contributed by atoms with E-state index in [-0.39, 0.29) is 11.9 Å². The molecule has 0 amide bonds. The van der Waals surface area contributed by atoms with Gasteiger partial charge in [0.2, 0.25) is 0 Å². The van der Waals surface area contributed by atoms with Crippen molar-refractivity contribution in [3.05, 3.63) is 68.0 Å². The van der Waals surface area contributed by atoms with Crippen LogP contribution in [0.4, 0.5) is 4.39 Å². The fraction of sp³-hybridized carbons (Fsp3) is 0.143. The van der Waals surface area contributed by atoms with E-state index in [0.29, 0.717) is 5.02 Å². The van der Waals surface area contributed by atoms with Crippen molar-refractivity contribution in [2.75, 3.05) is 7.05 Å². The normalized spacial score (nSPS) is 12.4. The van der Waals surface area contributed by atoms with Crippen LogP contribution in [-0.2, 0) is 0 Å². The van der Waals surface area contributed by atoms with Crippen LogP contribution in [0.5, 0.6) is 0 Å². The van der Waals surface area contributed by atoms with Crippen LogP contribution in [0.2, 0.25) is 5.02 Å². The molecule has 0 bridgehead atoms. The lowest BCUT2D eigenvalue weighted by molar-refractivity contribution is 0.617. The second-order valence-corrected chi connectivity index (χ2v) is 5.52. The van der Waals surface area contributed by atoms with Gasteiger partial charge in [-0.2, -0.15) is 0 Å². The Bertz CT molecular complexity index is 559. The Morgan fingerprint density at radius 3 is 2.50 bits per heavy atom. The third kappa shape index (κ3) is 3.02. The van der Waals surface area contributed by atoms with Crippen LogP contribution in [0.3, 0.4) is 0 Å². The van der Waals surface area contributed by atoms with Crippen LogP contribution in [0.25, 0.3) is 0 Å². The lowest BCUT2D eigenvalue weighted by atomic mass is 9.99. The van der Waals surface area contributed by atoms with Gasteiger partial charge in [-0.25, -0.2) is 4.39 Å². The average molecular weight is 376 g/mol. The predicted molar refractivity (Wildman–Crippen MR) is 81.5 cm³/mol. The van der Waals surface area contributed by atoms with Crippen LogP contribution in [0.15, 0.2) is 42.5 Å². The smallest absolute Gasteiger partial charge is 0.123 e. The molecule has 0 heterocycles. The molecule has 0 saturated carbocycles. The highest BCUT2D eigenvalue weighted by molar-refractivity contribution is 14.1. The largest absolute Gasteiger partial charge is 0.309 e. The standard InChI is InChI=1S/C14H12ClFIN/c1-18-14(9-3-2-4-11(16)7-9)10-5-6-13(17)12(15)8-10/h2-8,14,18H,1H3. The second kappa shape index (κ2) is 5.99. The van der Waals surface area contributed by atoms with E-state index in [1.54, 1.807) is 6.07 Å². The summed E-state index contributed by atoms with van der Waals surface area (Å²) >= 11 is 8.31. The summed E-state index contributed by atoms with van der Waals surface area (Å²) in [5.41, 5.74) is 1.91. The van der Waals surface area contributed by atoms with E-state index in [1.807, 2.05) is 31.3 Å². The van der Waals surface area contributed by atoms with E-state index in [1.165, 1.54) is 12.1 Å². The molecule has 0 aliphatic carbocycles. The third-order valence-corrected chi connectivity index (χ3v) is 4.32. The Hall–Kier alpha value is -0.650.